The van der Waals surface area contributed by atoms with Gasteiger partial charge in [-0.1, -0.05) is 53.7 Å². The summed E-state index contributed by atoms with van der Waals surface area (Å²) in [6, 6.07) is 28.1. The maximum absolute atomic E-state index is 4.71. The van der Waals surface area contributed by atoms with Gasteiger partial charge in [-0.3, -0.25) is 0 Å². The molecule has 4 rings (SSSR count). The van der Waals surface area contributed by atoms with E-state index in [1.54, 1.807) is 6.26 Å². The Hall–Kier alpha value is -3.07. The number of nitrogens with one attached hydrogen (secondary N) is 1. The molecule has 108 valence electrons. The first kappa shape index (κ1) is 13.9. The minimum atomic E-state index is 0.914. The highest BCUT2D eigenvalue weighted by atomic mass is 16.5. The predicted molar refractivity (Wildman–Crippen MR) is 90.2 cm³/mol. The first-order chi connectivity index (χ1) is 10.9. The van der Waals surface area contributed by atoms with Gasteiger partial charge in [0.1, 0.15) is 11.8 Å². The topological polar surface area (TPSA) is 38.1 Å². The van der Waals surface area contributed by atoms with Crippen molar-refractivity contribution in [3.63, 3.8) is 0 Å². The van der Waals surface area contributed by atoms with Gasteiger partial charge in [-0.2, -0.15) is 0 Å². The lowest BCUT2D eigenvalue weighted by Gasteiger charge is -2.04. The van der Waals surface area contributed by atoms with Gasteiger partial charge in [0.05, 0.1) is 0 Å². The molecule has 3 heteroatoms. The Morgan fingerprint density at radius 3 is 1.77 bits per heavy atom. The minimum Gasteiger partial charge on any atom is -0.364 e. The Balaban J connectivity index is 0.000000139. The maximum atomic E-state index is 4.71. The third-order valence-electron chi connectivity index (χ3n) is 3.10. The van der Waals surface area contributed by atoms with Gasteiger partial charge < -0.3 is 9.84 Å². The second-order valence-corrected chi connectivity index (χ2v) is 4.73. The number of nitrogens with zero attached hydrogens (tertiary/aromatic N) is 1. The molecule has 0 fully saturated rings. The standard InChI is InChI=1S/C12H11N.C7H5NO/c1-3-7-11(8-4-1)13-12-9-5-2-6-10-12;1-2-4-7-6(3-1)5-9-8-7/h1-10,13H;1-5H. The predicted octanol–water partition coefficient (Wildman–Crippen LogP) is 5.26. The second kappa shape index (κ2) is 7.09. The van der Waals surface area contributed by atoms with Crippen LogP contribution in [0, 0.1) is 0 Å². The largest absolute Gasteiger partial charge is 0.364 e. The molecular weight excluding hydrogens is 272 g/mol. The van der Waals surface area contributed by atoms with E-state index < -0.39 is 0 Å². The van der Waals surface area contributed by atoms with Crippen molar-refractivity contribution in [2.75, 3.05) is 5.32 Å². The number of hydrogen-bond donors (Lipinski definition) is 1. The van der Waals surface area contributed by atoms with E-state index in [2.05, 4.69) is 10.5 Å². The lowest BCUT2D eigenvalue weighted by Crippen LogP contribution is -1.87. The van der Waals surface area contributed by atoms with Crippen LogP contribution in [-0.2, 0) is 0 Å². The molecule has 0 saturated carbocycles. The number of fused-ring (bicyclic) bond motifs is 1. The van der Waals surface area contributed by atoms with E-state index in [1.807, 2.05) is 84.9 Å². The van der Waals surface area contributed by atoms with Crippen LogP contribution in [0.3, 0.4) is 0 Å². The van der Waals surface area contributed by atoms with E-state index in [0.29, 0.717) is 0 Å². The number of rotatable bonds is 2. The van der Waals surface area contributed by atoms with Gasteiger partial charge >= 0.3 is 0 Å². The van der Waals surface area contributed by atoms with Crippen molar-refractivity contribution in [1.82, 2.24) is 5.16 Å². The molecule has 0 amide bonds. The summed E-state index contributed by atoms with van der Waals surface area (Å²) in [6.45, 7) is 0. The van der Waals surface area contributed by atoms with Gasteiger partial charge in [-0.05, 0) is 36.4 Å². The molecule has 0 radical (unpaired) electrons. The van der Waals surface area contributed by atoms with Crippen LogP contribution in [-0.4, -0.2) is 5.16 Å². The summed E-state index contributed by atoms with van der Waals surface area (Å²) >= 11 is 0. The molecule has 1 aromatic heterocycles. The van der Waals surface area contributed by atoms with E-state index in [4.69, 9.17) is 4.52 Å². The lowest BCUT2D eigenvalue weighted by atomic mass is 10.3. The van der Waals surface area contributed by atoms with Crippen LogP contribution in [0.1, 0.15) is 0 Å². The number of hydrogen-bond acceptors (Lipinski definition) is 3. The summed E-state index contributed by atoms with van der Waals surface area (Å²) in [6.07, 6.45) is 1.63. The maximum Gasteiger partial charge on any atom is 0.131 e. The first-order valence-electron chi connectivity index (χ1n) is 7.08. The van der Waals surface area contributed by atoms with E-state index in [-0.39, 0.29) is 0 Å². The third-order valence-corrected chi connectivity index (χ3v) is 3.10. The Labute approximate surface area is 129 Å². The van der Waals surface area contributed by atoms with E-state index in [1.165, 1.54) is 0 Å². The molecule has 0 saturated heterocycles. The van der Waals surface area contributed by atoms with Crippen LogP contribution in [0.5, 0.6) is 0 Å². The summed E-state index contributed by atoms with van der Waals surface area (Å²) in [5.74, 6) is 0. The van der Waals surface area contributed by atoms with Crippen molar-refractivity contribution >= 4 is 22.3 Å². The zero-order valence-corrected chi connectivity index (χ0v) is 12.0. The molecule has 1 heterocycles. The number of aromatic nitrogens is 1. The second-order valence-electron chi connectivity index (χ2n) is 4.73. The van der Waals surface area contributed by atoms with E-state index >= 15 is 0 Å². The number of benzene rings is 3. The molecule has 3 aromatic carbocycles. The highest BCUT2D eigenvalue weighted by Gasteiger charge is 1.91. The molecule has 4 aromatic rings. The van der Waals surface area contributed by atoms with E-state index in [0.717, 1.165) is 22.3 Å². The quantitative estimate of drug-likeness (QED) is 0.547. The molecule has 0 aliphatic heterocycles. The minimum absolute atomic E-state index is 0.914. The third kappa shape index (κ3) is 3.73. The average molecular weight is 288 g/mol. The molecule has 0 bridgehead atoms. The van der Waals surface area contributed by atoms with Crippen molar-refractivity contribution in [3.05, 3.63) is 91.2 Å². The van der Waals surface area contributed by atoms with Gasteiger partial charge in [-0.25, -0.2) is 0 Å². The molecular formula is C19H16N2O. The SMILES string of the molecule is c1ccc(Nc2ccccc2)cc1.c1ccc2nocc2c1. The van der Waals surface area contributed by atoms with Crippen LogP contribution in [0.25, 0.3) is 10.9 Å². The number of anilines is 2. The van der Waals surface area contributed by atoms with Crippen LogP contribution in [0.15, 0.2) is 95.7 Å². The fourth-order valence-electron chi connectivity index (χ4n) is 2.02. The number of para-hydroxylation sites is 2. The summed E-state index contributed by atoms with van der Waals surface area (Å²) in [5.41, 5.74) is 3.15. The Morgan fingerprint density at radius 2 is 1.18 bits per heavy atom. The van der Waals surface area contributed by atoms with Crippen LogP contribution in [0.2, 0.25) is 0 Å². The van der Waals surface area contributed by atoms with Crippen molar-refractivity contribution in [2.45, 2.75) is 0 Å². The van der Waals surface area contributed by atoms with Crippen molar-refractivity contribution in [1.29, 1.82) is 0 Å². The zero-order chi connectivity index (χ0) is 15.0. The van der Waals surface area contributed by atoms with Gasteiger partial charge in [0.2, 0.25) is 0 Å². The first-order valence-corrected chi connectivity index (χ1v) is 7.08. The molecule has 0 aliphatic rings. The molecule has 0 unspecified atom stereocenters. The van der Waals surface area contributed by atoms with Crippen LogP contribution in [0.4, 0.5) is 11.4 Å². The summed E-state index contributed by atoms with van der Waals surface area (Å²) in [5, 5.41) is 8.10. The molecule has 0 spiro atoms. The summed E-state index contributed by atoms with van der Waals surface area (Å²) < 4.78 is 4.71. The van der Waals surface area contributed by atoms with Crippen molar-refractivity contribution < 1.29 is 4.52 Å². The van der Waals surface area contributed by atoms with Gasteiger partial charge in [0, 0.05) is 16.8 Å². The van der Waals surface area contributed by atoms with Gasteiger partial charge in [0.15, 0.2) is 0 Å². The van der Waals surface area contributed by atoms with Crippen LogP contribution >= 0.6 is 0 Å². The average Bonchev–Trinajstić information content (AvgIpc) is 3.06. The fourth-order valence-corrected chi connectivity index (χ4v) is 2.02. The summed E-state index contributed by atoms with van der Waals surface area (Å²) in [7, 11) is 0. The lowest BCUT2D eigenvalue weighted by molar-refractivity contribution is 0.428. The van der Waals surface area contributed by atoms with Crippen molar-refractivity contribution in [2.24, 2.45) is 0 Å². The van der Waals surface area contributed by atoms with Crippen LogP contribution < -0.4 is 5.32 Å². The summed E-state index contributed by atoms with van der Waals surface area (Å²) in [4.78, 5) is 0. The molecule has 1 N–H and O–H groups in total. The fraction of sp³-hybridized carbons (Fsp3) is 0. The molecule has 3 nitrogen and oxygen atoms in total. The van der Waals surface area contributed by atoms with Gasteiger partial charge in [0.25, 0.3) is 0 Å². The highest BCUT2D eigenvalue weighted by molar-refractivity contribution is 5.76. The zero-order valence-electron chi connectivity index (χ0n) is 12.0. The monoisotopic (exact) mass is 288 g/mol. The van der Waals surface area contributed by atoms with Crippen molar-refractivity contribution in [3.8, 4) is 0 Å². The van der Waals surface area contributed by atoms with E-state index in [9.17, 15) is 0 Å². The Morgan fingerprint density at radius 1 is 0.636 bits per heavy atom. The molecule has 0 aliphatic carbocycles. The normalized spacial score (nSPS) is 9.82. The Kier molecular flexibility index (Phi) is 4.47. The molecule has 0 atom stereocenters. The van der Waals surface area contributed by atoms with Gasteiger partial charge in [-0.15, -0.1) is 0 Å². The smallest absolute Gasteiger partial charge is 0.131 e. The molecule has 22 heavy (non-hydrogen) atoms. The highest BCUT2D eigenvalue weighted by Crippen LogP contribution is 2.14. The Bertz CT molecular complexity index is 743.